The summed E-state index contributed by atoms with van der Waals surface area (Å²) in [5, 5.41) is 0. The standard InChI is InChI=1S/C38H37BrN2O6/c1-40-31-18-17-29(39)19-30(31)36(42)41-25-38(20-32(41)37(40)43)35(46-23-28-15-9-4-10-16-28)34(45-22-27-13-7-3-8-14-27)33(47-38)24-44-21-26-11-5-2-6-12-26/h2-19,32-35H,20-25H2,1H3/t32-,33-,34-,35+,38+/m1/s1. The number of rotatable bonds is 10. The highest BCUT2D eigenvalue weighted by atomic mass is 79.9. The average molecular weight is 698 g/mol. The van der Waals surface area contributed by atoms with Crippen LogP contribution in [0.3, 0.4) is 0 Å². The van der Waals surface area contributed by atoms with Crippen LogP contribution in [0.4, 0.5) is 5.69 Å². The maximum Gasteiger partial charge on any atom is 0.256 e. The first kappa shape index (κ1) is 31.7. The summed E-state index contributed by atoms with van der Waals surface area (Å²) in [5.41, 5.74) is 3.13. The fourth-order valence-corrected chi connectivity index (χ4v) is 7.35. The third-order valence-corrected chi connectivity index (χ3v) is 9.79. The number of carbonyl (C=O) groups excluding carboxylic acids is 2. The van der Waals surface area contributed by atoms with E-state index in [1.165, 1.54) is 0 Å². The molecule has 5 atom stereocenters. The minimum Gasteiger partial charge on any atom is -0.374 e. The lowest BCUT2D eigenvalue weighted by atomic mass is 9.90. The van der Waals surface area contributed by atoms with Crippen molar-refractivity contribution in [2.45, 2.75) is 56.2 Å². The van der Waals surface area contributed by atoms with Gasteiger partial charge in [-0.1, -0.05) is 107 Å². The Balaban J connectivity index is 1.22. The molecule has 4 aromatic rings. The Bertz CT molecular complexity index is 1710. The number of anilines is 1. The lowest BCUT2D eigenvalue weighted by molar-refractivity contribution is -0.124. The van der Waals surface area contributed by atoms with Crippen LogP contribution in [0.1, 0.15) is 33.5 Å². The lowest BCUT2D eigenvalue weighted by Crippen LogP contribution is -2.48. The van der Waals surface area contributed by atoms with Crippen molar-refractivity contribution in [2.75, 3.05) is 25.1 Å². The first-order chi connectivity index (χ1) is 22.9. The SMILES string of the molecule is CN1C(=O)[C@H]2C[C@@]3(CN2C(=O)c2cc(Br)ccc21)O[C@H](COCc1ccccc1)[C@@H](OCc1ccccc1)[C@@H]3OCc1ccccc1. The zero-order valence-corrected chi connectivity index (χ0v) is 27.8. The summed E-state index contributed by atoms with van der Waals surface area (Å²) < 4.78 is 27.4. The van der Waals surface area contributed by atoms with Crippen molar-refractivity contribution in [1.82, 2.24) is 4.90 Å². The second-order valence-corrected chi connectivity index (χ2v) is 13.3. The highest BCUT2D eigenvalue weighted by molar-refractivity contribution is 9.10. The number of likely N-dealkylation sites (N-methyl/N-ethyl adjacent to an activating group) is 1. The summed E-state index contributed by atoms with van der Waals surface area (Å²) in [6.45, 7) is 1.52. The Morgan fingerprint density at radius 2 is 1.40 bits per heavy atom. The number of ether oxygens (including phenoxy) is 4. The first-order valence-corrected chi connectivity index (χ1v) is 16.7. The Hall–Kier alpha value is -3.86. The van der Waals surface area contributed by atoms with E-state index in [4.69, 9.17) is 18.9 Å². The molecule has 8 nitrogen and oxygen atoms in total. The smallest absolute Gasteiger partial charge is 0.256 e. The Kier molecular flexibility index (Phi) is 9.25. The van der Waals surface area contributed by atoms with Gasteiger partial charge < -0.3 is 28.7 Å². The molecule has 0 aliphatic carbocycles. The molecule has 3 aliphatic heterocycles. The number of amides is 2. The molecule has 7 rings (SSSR count). The monoisotopic (exact) mass is 696 g/mol. The number of hydrogen-bond donors (Lipinski definition) is 0. The van der Waals surface area contributed by atoms with Crippen LogP contribution >= 0.6 is 15.9 Å². The van der Waals surface area contributed by atoms with Crippen molar-refractivity contribution in [3.8, 4) is 0 Å². The van der Waals surface area contributed by atoms with Gasteiger partial charge in [0.25, 0.3) is 5.91 Å². The molecule has 2 amide bonds. The molecule has 2 saturated heterocycles. The number of benzene rings is 4. The highest BCUT2D eigenvalue weighted by Crippen LogP contribution is 2.47. The minimum absolute atomic E-state index is 0.160. The van der Waals surface area contributed by atoms with Gasteiger partial charge in [0.1, 0.15) is 30.0 Å². The summed E-state index contributed by atoms with van der Waals surface area (Å²) in [5.74, 6) is -0.371. The molecule has 0 unspecified atom stereocenters. The third-order valence-electron chi connectivity index (χ3n) is 9.30. The third kappa shape index (κ3) is 6.51. The lowest BCUT2D eigenvalue weighted by Gasteiger charge is -2.32. The van der Waals surface area contributed by atoms with Crippen LogP contribution in [0.5, 0.6) is 0 Å². The summed E-state index contributed by atoms with van der Waals surface area (Å²) in [6.07, 6.45) is -1.34. The fourth-order valence-electron chi connectivity index (χ4n) is 6.99. The van der Waals surface area contributed by atoms with Gasteiger partial charge in [0.05, 0.1) is 44.2 Å². The summed E-state index contributed by atoms with van der Waals surface area (Å²) >= 11 is 3.51. The van der Waals surface area contributed by atoms with Gasteiger partial charge in [-0.05, 0) is 34.9 Å². The molecule has 0 saturated carbocycles. The second-order valence-electron chi connectivity index (χ2n) is 12.4. The van der Waals surface area contributed by atoms with Crippen LogP contribution in [0, 0.1) is 0 Å². The molecule has 4 aromatic carbocycles. The predicted octanol–water partition coefficient (Wildman–Crippen LogP) is 6.17. The van der Waals surface area contributed by atoms with Crippen LogP contribution < -0.4 is 4.90 Å². The van der Waals surface area contributed by atoms with Crippen LogP contribution in [0.15, 0.2) is 114 Å². The molecular formula is C38H37BrN2O6. The van der Waals surface area contributed by atoms with E-state index in [-0.39, 0.29) is 31.4 Å². The Morgan fingerprint density at radius 1 is 0.809 bits per heavy atom. The van der Waals surface area contributed by atoms with Gasteiger partial charge in [0.2, 0.25) is 5.91 Å². The zero-order chi connectivity index (χ0) is 32.4. The molecule has 3 aliphatic rings. The van der Waals surface area contributed by atoms with Gasteiger partial charge >= 0.3 is 0 Å². The van der Waals surface area contributed by atoms with E-state index < -0.39 is 30.0 Å². The van der Waals surface area contributed by atoms with Crippen molar-refractivity contribution < 1.29 is 28.5 Å². The molecule has 0 radical (unpaired) electrons. The molecule has 242 valence electrons. The maximum atomic E-state index is 14.2. The highest BCUT2D eigenvalue weighted by Gasteiger charge is 2.64. The van der Waals surface area contributed by atoms with Crippen molar-refractivity contribution in [1.29, 1.82) is 0 Å². The largest absolute Gasteiger partial charge is 0.374 e. The van der Waals surface area contributed by atoms with E-state index in [1.54, 1.807) is 29.0 Å². The number of nitrogens with zero attached hydrogens (tertiary/aromatic N) is 2. The quantitative estimate of drug-likeness (QED) is 0.198. The number of hydrogen-bond acceptors (Lipinski definition) is 6. The second kappa shape index (κ2) is 13.7. The van der Waals surface area contributed by atoms with Gasteiger partial charge in [-0.25, -0.2) is 0 Å². The molecule has 0 aromatic heterocycles. The number of fused-ring (bicyclic) bond motifs is 2. The molecule has 2 fully saturated rings. The molecule has 3 heterocycles. The molecular weight excluding hydrogens is 660 g/mol. The van der Waals surface area contributed by atoms with Crippen molar-refractivity contribution in [2.24, 2.45) is 0 Å². The average Bonchev–Trinajstić information content (AvgIpc) is 3.61. The number of carbonyl (C=O) groups is 2. The Morgan fingerprint density at radius 3 is 2.04 bits per heavy atom. The van der Waals surface area contributed by atoms with Crippen LogP contribution in [0.25, 0.3) is 0 Å². The van der Waals surface area contributed by atoms with E-state index in [9.17, 15) is 9.59 Å². The summed E-state index contributed by atoms with van der Waals surface area (Å²) in [7, 11) is 1.72. The van der Waals surface area contributed by atoms with Gasteiger partial charge in [-0.2, -0.15) is 0 Å². The zero-order valence-electron chi connectivity index (χ0n) is 26.2. The maximum absolute atomic E-state index is 14.2. The van der Waals surface area contributed by atoms with Crippen molar-refractivity contribution in [3.63, 3.8) is 0 Å². The van der Waals surface area contributed by atoms with E-state index >= 15 is 0 Å². The van der Waals surface area contributed by atoms with Gasteiger partial charge in [-0.15, -0.1) is 0 Å². The van der Waals surface area contributed by atoms with E-state index in [1.807, 2.05) is 97.1 Å². The van der Waals surface area contributed by atoms with Crippen LogP contribution in [-0.4, -0.2) is 66.9 Å². The van der Waals surface area contributed by atoms with E-state index in [2.05, 4.69) is 15.9 Å². The van der Waals surface area contributed by atoms with E-state index in [0.29, 0.717) is 31.1 Å². The van der Waals surface area contributed by atoms with Gasteiger partial charge in [0.15, 0.2) is 0 Å². The van der Waals surface area contributed by atoms with Crippen molar-refractivity contribution in [3.05, 3.63) is 136 Å². The molecule has 1 spiro atoms. The minimum atomic E-state index is -1.00. The predicted molar refractivity (Wildman–Crippen MR) is 181 cm³/mol. The number of halogens is 1. The molecule has 0 N–H and O–H groups in total. The molecule has 47 heavy (non-hydrogen) atoms. The van der Waals surface area contributed by atoms with Crippen molar-refractivity contribution >= 4 is 33.4 Å². The molecule has 9 heteroatoms. The van der Waals surface area contributed by atoms with Gasteiger partial charge in [-0.3, -0.25) is 9.59 Å². The van der Waals surface area contributed by atoms with Crippen LogP contribution in [0.2, 0.25) is 0 Å². The molecule has 0 bridgehead atoms. The first-order valence-electron chi connectivity index (χ1n) is 15.9. The normalized spacial score (nSPS) is 25.2. The van der Waals surface area contributed by atoms with Gasteiger partial charge in [0, 0.05) is 17.9 Å². The Labute approximate surface area is 283 Å². The van der Waals surface area contributed by atoms with Crippen LogP contribution in [-0.2, 0) is 43.6 Å². The summed E-state index contributed by atoms with van der Waals surface area (Å²) in [4.78, 5) is 31.4. The topological polar surface area (TPSA) is 77.5 Å². The summed E-state index contributed by atoms with van der Waals surface area (Å²) in [6, 6.07) is 34.6. The van der Waals surface area contributed by atoms with E-state index in [0.717, 1.165) is 21.2 Å². The fraction of sp³-hybridized carbons (Fsp3) is 0.316.